The van der Waals surface area contributed by atoms with Gasteiger partial charge in [0.15, 0.2) is 11.5 Å². The summed E-state index contributed by atoms with van der Waals surface area (Å²) < 4.78 is 12.5. The highest BCUT2D eigenvalue weighted by Crippen LogP contribution is 2.40. The number of imide groups is 1. The van der Waals surface area contributed by atoms with E-state index in [1.54, 1.807) is 24.3 Å². The molecule has 180 valence electrons. The maximum Gasteiger partial charge on any atom is 0.293 e. The third-order valence-corrected chi connectivity index (χ3v) is 7.45. The van der Waals surface area contributed by atoms with Crippen LogP contribution in [-0.2, 0) is 17.9 Å². The first-order chi connectivity index (χ1) is 16.9. The van der Waals surface area contributed by atoms with E-state index in [-0.39, 0.29) is 24.3 Å². The zero-order chi connectivity index (χ0) is 24.9. The summed E-state index contributed by atoms with van der Waals surface area (Å²) in [4.78, 5) is 27.1. The molecule has 3 aromatic rings. The van der Waals surface area contributed by atoms with Gasteiger partial charge >= 0.3 is 0 Å². The number of carbonyl (C=O) groups excluding carboxylic acids is 2. The maximum atomic E-state index is 13.0. The van der Waals surface area contributed by atoms with E-state index in [4.69, 9.17) is 32.7 Å². The number of ether oxygens (including phenoxy) is 2. The molecule has 0 bridgehead atoms. The van der Waals surface area contributed by atoms with E-state index >= 15 is 0 Å². The van der Waals surface area contributed by atoms with Crippen molar-refractivity contribution < 1.29 is 19.1 Å². The number of hydrogen-bond acceptors (Lipinski definition) is 5. The van der Waals surface area contributed by atoms with Gasteiger partial charge in [-0.1, -0.05) is 75.5 Å². The summed E-state index contributed by atoms with van der Waals surface area (Å²) >= 11 is 17.1. The number of rotatable bonds is 8. The van der Waals surface area contributed by atoms with E-state index in [1.165, 1.54) is 4.90 Å². The average Bonchev–Trinajstić information content (AvgIpc) is 3.08. The van der Waals surface area contributed by atoms with Gasteiger partial charge in [0.25, 0.3) is 11.1 Å². The fourth-order valence-corrected chi connectivity index (χ4v) is 5.14. The molecule has 1 aliphatic rings. The molecule has 0 saturated carbocycles. The van der Waals surface area contributed by atoms with Crippen LogP contribution in [0.1, 0.15) is 23.6 Å². The quantitative estimate of drug-likeness (QED) is 0.248. The second kappa shape index (κ2) is 11.5. The molecular formula is C26H20BrCl2NO4S. The molecule has 1 saturated heterocycles. The molecule has 2 amide bonds. The van der Waals surface area contributed by atoms with Gasteiger partial charge in [0.05, 0.1) is 23.1 Å². The van der Waals surface area contributed by atoms with Crippen molar-refractivity contribution in [3.63, 3.8) is 0 Å². The van der Waals surface area contributed by atoms with E-state index in [2.05, 4.69) is 15.9 Å². The predicted molar refractivity (Wildman–Crippen MR) is 144 cm³/mol. The Morgan fingerprint density at radius 2 is 1.69 bits per heavy atom. The van der Waals surface area contributed by atoms with Gasteiger partial charge in [-0.25, -0.2) is 0 Å². The lowest BCUT2D eigenvalue weighted by Gasteiger charge is -2.15. The summed E-state index contributed by atoms with van der Waals surface area (Å²) in [5.41, 5.74) is 2.28. The van der Waals surface area contributed by atoms with Crippen molar-refractivity contribution in [3.8, 4) is 11.5 Å². The topological polar surface area (TPSA) is 55.8 Å². The molecule has 1 fully saturated rings. The van der Waals surface area contributed by atoms with Crippen LogP contribution >= 0.6 is 50.9 Å². The van der Waals surface area contributed by atoms with E-state index in [1.807, 2.05) is 49.4 Å². The zero-order valence-corrected chi connectivity index (χ0v) is 22.5. The minimum atomic E-state index is -0.358. The summed E-state index contributed by atoms with van der Waals surface area (Å²) in [6, 6.07) is 18.3. The molecule has 35 heavy (non-hydrogen) atoms. The second-order valence-corrected chi connectivity index (χ2v) is 10.2. The minimum Gasteiger partial charge on any atom is -0.490 e. The first-order valence-corrected chi connectivity index (χ1v) is 13.0. The van der Waals surface area contributed by atoms with Crippen LogP contribution < -0.4 is 9.47 Å². The highest BCUT2D eigenvalue weighted by atomic mass is 79.9. The molecule has 1 heterocycles. The molecule has 0 aromatic heterocycles. The third kappa shape index (κ3) is 6.04. The molecule has 5 nitrogen and oxygen atoms in total. The third-order valence-electron chi connectivity index (χ3n) is 5.12. The molecular weight excluding hydrogens is 573 g/mol. The Balaban J connectivity index is 1.57. The average molecular weight is 593 g/mol. The van der Waals surface area contributed by atoms with E-state index in [0.717, 1.165) is 27.4 Å². The Morgan fingerprint density at radius 1 is 0.971 bits per heavy atom. The minimum absolute atomic E-state index is 0.184. The van der Waals surface area contributed by atoms with Gasteiger partial charge in [0.1, 0.15) is 6.61 Å². The maximum absolute atomic E-state index is 13.0. The lowest BCUT2D eigenvalue weighted by atomic mass is 10.1. The molecule has 0 spiro atoms. The number of hydrogen-bond donors (Lipinski definition) is 0. The summed E-state index contributed by atoms with van der Waals surface area (Å²) in [6.07, 6.45) is 1.64. The van der Waals surface area contributed by atoms with Crippen LogP contribution in [-0.4, -0.2) is 22.7 Å². The van der Waals surface area contributed by atoms with Crippen LogP contribution in [0.5, 0.6) is 11.5 Å². The Kier molecular flexibility index (Phi) is 8.44. The van der Waals surface area contributed by atoms with E-state index < -0.39 is 0 Å². The van der Waals surface area contributed by atoms with Crippen molar-refractivity contribution in [1.29, 1.82) is 0 Å². The second-order valence-electron chi connectivity index (χ2n) is 7.50. The Labute approximate surface area is 226 Å². The fourth-order valence-electron chi connectivity index (χ4n) is 3.42. The van der Waals surface area contributed by atoms with Crippen LogP contribution in [0.2, 0.25) is 10.0 Å². The SMILES string of the molecule is CCOc1cc(/C=C2\SC(=O)N(Cc3ccccc3Br)C2=O)cc(Cl)c1OCc1ccccc1Cl. The van der Waals surface area contributed by atoms with Crippen molar-refractivity contribution in [3.05, 3.63) is 96.8 Å². The van der Waals surface area contributed by atoms with Crippen molar-refractivity contribution in [2.45, 2.75) is 20.1 Å². The normalized spacial score (nSPS) is 14.6. The van der Waals surface area contributed by atoms with Crippen molar-refractivity contribution in [2.75, 3.05) is 6.61 Å². The number of carbonyl (C=O) groups is 2. The molecule has 0 aliphatic carbocycles. The van der Waals surface area contributed by atoms with E-state index in [9.17, 15) is 9.59 Å². The largest absolute Gasteiger partial charge is 0.490 e. The fraction of sp³-hybridized carbons (Fsp3) is 0.154. The standard InChI is InChI=1S/C26H20BrCl2NO4S/c1-2-33-22-12-16(11-21(29)24(22)34-15-18-8-4-6-10-20(18)28)13-23-25(31)30(26(32)35-23)14-17-7-3-5-9-19(17)27/h3-13H,2,14-15H2,1H3/b23-13-. The number of amides is 2. The summed E-state index contributed by atoms with van der Waals surface area (Å²) in [5.74, 6) is 0.460. The monoisotopic (exact) mass is 591 g/mol. The summed E-state index contributed by atoms with van der Waals surface area (Å²) in [6.45, 7) is 2.64. The van der Waals surface area contributed by atoms with Gasteiger partial charge in [0, 0.05) is 15.1 Å². The highest BCUT2D eigenvalue weighted by molar-refractivity contribution is 9.10. The van der Waals surface area contributed by atoms with Crippen LogP contribution in [0.4, 0.5) is 4.79 Å². The summed E-state index contributed by atoms with van der Waals surface area (Å²) in [5, 5.41) is 0.589. The zero-order valence-electron chi connectivity index (χ0n) is 18.6. The van der Waals surface area contributed by atoms with Crippen molar-refractivity contribution in [1.82, 2.24) is 4.90 Å². The number of halogens is 3. The van der Waals surface area contributed by atoms with Gasteiger partial charge in [-0.3, -0.25) is 14.5 Å². The molecule has 0 N–H and O–H groups in total. The van der Waals surface area contributed by atoms with Crippen LogP contribution in [0.25, 0.3) is 6.08 Å². The molecule has 1 aliphatic heterocycles. The Morgan fingerprint density at radius 3 is 2.40 bits per heavy atom. The van der Waals surface area contributed by atoms with Crippen LogP contribution in [0.15, 0.2) is 70.0 Å². The van der Waals surface area contributed by atoms with E-state index in [0.29, 0.717) is 38.6 Å². The lowest BCUT2D eigenvalue weighted by Crippen LogP contribution is -2.27. The highest BCUT2D eigenvalue weighted by Gasteiger charge is 2.35. The van der Waals surface area contributed by atoms with Gasteiger partial charge in [-0.2, -0.15) is 0 Å². The van der Waals surface area contributed by atoms with Gasteiger partial charge < -0.3 is 9.47 Å². The predicted octanol–water partition coefficient (Wildman–Crippen LogP) is 7.97. The molecule has 9 heteroatoms. The molecule has 0 radical (unpaired) electrons. The van der Waals surface area contributed by atoms with Gasteiger partial charge in [-0.15, -0.1) is 0 Å². The van der Waals surface area contributed by atoms with Crippen LogP contribution in [0, 0.1) is 0 Å². The number of thioether (sulfide) groups is 1. The number of nitrogens with zero attached hydrogens (tertiary/aromatic N) is 1. The molecule has 0 unspecified atom stereocenters. The first kappa shape index (κ1) is 25.6. The van der Waals surface area contributed by atoms with Gasteiger partial charge in [-0.05, 0) is 60.2 Å². The summed E-state index contributed by atoms with van der Waals surface area (Å²) in [7, 11) is 0. The Bertz CT molecular complexity index is 1310. The van der Waals surface area contributed by atoms with Crippen molar-refractivity contribution in [2.24, 2.45) is 0 Å². The molecule has 0 atom stereocenters. The van der Waals surface area contributed by atoms with Crippen molar-refractivity contribution >= 4 is 68.1 Å². The smallest absolute Gasteiger partial charge is 0.293 e. The lowest BCUT2D eigenvalue weighted by molar-refractivity contribution is -0.123. The van der Waals surface area contributed by atoms with Gasteiger partial charge in [0.2, 0.25) is 0 Å². The molecule has 3 aromatic carbocycles. The van der Waals surface area contributed by atoms with Crippen LogP contribution in [0.3, 0.4) is 0 Å². The Hall–Kier alpha value is -2.45. The number of benzene rings is 3. The molecule has 4 rings (SSSR count). The first-order valence-electron chi connectivity index (χ1n) is 10.7.